The number of anilines is 2. The number of aryl methyl sites for hydroxylation is 1. The molecule has 0 radical (unpaired) electrons. The van der Waals surface area contributed by atoms with Gasteiger partial charge in [-0.2, -0.15) is 0 Å². The summed E-state index contributed by atoms with van der Waals surface area (Å²) in [6.45, 7) is 4.44. The molecule has 8 heteroatoms. The summed E-state index contributed by atoms with van der Waals surface area (Å²) in [6.07, 6.45) is 2.45. The van der Waals surface area contributed by atoms with Crippen LogP contribution in [-0.4, -0.2) is 27.4 Å². The van der Waals surface area contributed by atoms with Gasteiger partial charge in [0.15, 0.2) is 0 Å². The third-order valence-electron chi connectivity index (χ3n) is 5.66. The van der Waals surface area contributed by atoms with Gasteiger partial charge in [-0.25, -0.2) is 8.42 Å². The lowest BCUT2D eigenvalue weighted by Crippen LogP contribution is -2.23. The van der Waals surface area contributed by atoms with Crippen molar-refractivity contribution < 1.29 is 13.2 Å². The van der Waals surface area contributed by atoms with E-state index >= 15 is 0 Å². The third kappa shape index (κ3) is 5.67. The van der Waals surface area contributed by atoms with E-state index in [1.807, 2.05) is 19.1 Å². The monoisotopic (exact) mass is 483 g/mol. The molecule has 0 saturated carbocycles. The highest BCUT2D eigenvalue weighted by Gasteiger charge is 2.17. The molecule has 6 nitrogen and oxygen atoms in total. The Balaban J connectivity index is 1.38. The van der Waals surface area contributed by atoms with Crippen LogP contribution in [0.3, 0.4) is 0 Å². The first kappa shape index (κ1) is 23.1. The van der Waals surface area contributed by atoms with Crippen LogP contribution in [0.5, 0.6) is 0 Å². The molecule has 1 fully saturated rings. The molecule has 0 spiro atoms. The van der Waals surface area contributed by atoms with Crippen LogP contribution < -0.4 is 14.9 Å². The fraction of sp³-hybridized carbons (Fsp3) is 0.240. The molecule has 0 bridgehead atoms. The fourth-order valence-electron chi connectivity index (χ4n) is 3.77. The van der Waals surface area contributed by atoms with E-state index < -0.39 is 10.0 Å². The highest BCUT2D eigenvalue weighted by Crippen LogP contribution is 2.24. The first-order valence-electron chi connectivity index (χ1n) is 10.8. The Morgan fingerprint density at radius 1 is 0.970 bits per heavy atom. The second-order valence-electron chi connectivity index (χ2n) is 8.16. The number of carbonyl (C=O) groups is 1. The molecule has 0 atom stereocenters. The zero-order valence-electron chi connectivity index (χ0n) is 18.3. The number of amides is 1. The van der Waals surface area contributed by atoms with Crippen LogP contribution in [0.1, 0.15) is 34.3 Å². The largest absolute Gasteiger partial charge is 0.372 e. The second-order valence-corrected chi connectivity index (χ2v) is 10.2. The van der Waals surface area contributed by atoms with Gasteiger partial charge >= 0.3 is 0 Å². The van der Waals surface area contributed by atoms with E-state index in [4.69, 9.17) is 11.6 Å². The Morgan fingerprint density at radius 3 is 2.27 bits per heavy atom. The summed E-state index contributed by atoms with van der Waals surface area (Å²) in [5.74, 6) is -0.323. The molecular weight excluding hydrogens is 458 g/mol. The maximum atomic E-state index is 12.6. The summed E-state index contributed by atoms with van der Waals surface area (Å²) in [7, 11) is -3.75. The summed E-state index contributed by atoms with van der Waals surface area (Å²) in [5, 5.41) is 3.04. The van der Waals surface area contributed by atoms with Gasteiger partial charge < -0.3 is 10.2 Å². The number of halogens is 1. The molecule has 2 N–H and O–H groups in total. The standard InChI is InChI=1S/C25H26ClN3O3S/c1-18-4-11-22(12-5-18)33(31,32)28-20-8-13-23(24(26)16-20)25(30)27-17-19-6-9-21(10-7-19)29-14-2-3-15-29/h4-13,16,28H,2-3,14-15,17H2,1H3,(H,27,30). The third-order valence-corrected chi connectivity index (χ3v) is 7.37. The number of hydrogen-bond acceptors (Lipinski definition) is 4. The highest BCUT2D eigenvalue weighted by molar-refractivity contribution is 7.92. The van der Waals surface area contributed by atoms with Gasteiger partial charge in [0.05, 0.1) is 21.2 Å². The van der Waals surface area contributed by atoms with Crippen molar-refractivity contribution in [2.24, 2.45) is 0 Å². The number of carbonyl (C=O) groups excluding carboxylic acids is 1. The Hall–Kier alpha value is -3.03. The zero-order valence-corrected chi connectivity index (χ0v) is 19.9. The van der Waals surface area contributed by atoms with Crippen molar-refractivity contribution >= 4 is 38.9 Å². The Kier molecular flexibility index (Phi) is 6.91. The van der Waals surface area contributed by atoms with Crippen LogP contribution >= 0.6 is 11.6 Å². The van der Waals surface area contributed by atoms with Crippen LogP contribution in [0.25, 0.3) is 0 Å². The number of nitrogens with one attached hydrogen (secondary N) is 2. The number of sulfonamides is 1. The van der Waals surface area contributed by atoms with Crippen molar-refractivity contribution in [1.29, 1.82) is 0 Å². The maximum absolute atomic E-state index is 12.6. The summed E-state index contributed by atoms with van der Waals surface area (Å²) >= 11 is 6.29. The normalized spacial score (nSPS) is 13.7. The lowest BCUT2D eigenvalue weighted by molar-refractivity contribution is 0.0951. The summed E-state index contributed by atoms with van der Waals surface area (Å²) in [4.78, 5) is 15.1. The molecule has 1 aliphatic rings. The first-order chi connectivity index (χ1) is 15.8. The topological polar surface area (TPSA) is 78.5 Å². The van der Waals surface area contributed by atoms with E-state index in [0.717, 1.165) is 24.2 Å². The minimum absolute atomic E-state index is 0.154. The molecule has 1 saturated heterocycles. The van der Waals surface area contributed by atoms with Gasteiger partial charge in [0, 0.05) is 25.3 Å². The van der Waals surface area contributed by atoms with Crippen molar-refractivity contribution in [3.63, 3.8) is 0 Å². The number of hydrogen-bond donors (Lipinski definition) is 2. The molecule has 1 heterocycles. The molecule has 3 aromatic rings. The van der Waals surface area contributed by atoms with E-state index in [9.17, 15) is 13.2 Å². The Morgan fingerprint density at radius 2 is 1.64 bits per heavy atom. The van der Waals surface area contributed by atoms with Crippen LogP contribution in [-0.2, 0) is 16.6 Å². The van der Waals surface area contributed by atoms with Crippen molar-refractivity contribution in [2.75, 3.05) is 22.7 Å². The lowest BCUT2D eigenvalue weighted by atomic mass is 10.1. The molecule has 3 aromatic carbocycles. The Labute approximate surface area is 199 Å². The number of rotatable bonds is 7. The zero-order chi connectivity index (χ0) is 23.4. The smallest absolute Gasteiger partial charge is 0.261 e. The van der Waals surface area contributed by atoms with E-state index in [1.54, 1.807) is 24.3 Å². The van der Waals surface area contributed by atoms with Gasteiger partial charge in [0.1, 0.15) is 0 Å². The van der Waals surface area contributed by atoms with Crippen LogP contribution in [0.4, 0.5) is 11.4 Å². The van der Waals surface area contributed by atoms with E-state index in [-0.39, 0.29) is 27.1 Å². The van der Waals surface area contributed by atoms with Gasteiger partial charge in [0.25, 0.3) is 15.9 Å². The van der Waals surface area contributed by atoms with Gasteiger partial charge in [0.2, 0.25) is 0 Å². The molecule has 1 aliphatic heterocycles. The van der Waals surface area contributed by atoms with Crippen LogP contribution in [0, 0.1) is 6.92 Å². The summed E-state index contributed by atoms with van der Waals surface area (Å²) in [5.41, 5.74) is 3.73. The minimum Gasteiger partial charge on any atom is -0.372 e. The lowest BCUT2D eigenvalue weighted by Gasteiger charge is -2.17. The van der Waals surface area contributed by atoms with Gasteiger partial charge in [-0.15, -0.1) is 0 Å². The molecule has 172 valence electrons. The maximum Gasteiger partial charge on any atom is 0.261 e. The van der Waals surface area contributed by atoms with Crippen molar-refractivity contribution in [1.82, 2.24) is 5.32 Å². The fourth-order valence-corrected chi connectivity index (χ4v) is 5.09. The summed E-state index contributed by atoms with van der Waals surface area (Å²) in [6, 6.07) is 19.2. The van der Waals surface area contributed by atoms with Crippen LogP contribution in [0.15, 0.2) is 71.6 Å². The molecule has 4 rings (SSSR count). The SMILES string of the molecule is Cc1ccc(S(=O)(=O)Nc2ccc(C(=O)NCc3ccc(N4CCCC4)cc3)c(Cl)c2)cc1. The van der Waals surface area contributed by atoms with Crippen molar-refractivity contribution in [2.45, 2.75) is 31.2 Å². The molecule has 33 heavy (non-hydrogen) atoms. The molecule has 1 amide bonds. The first-order valence-corrected chi connectivity index (χ1v) is 12.7. The minimum atomic E-state index is -3.75. The predicted molar refractivity (Wildman–Crippen MR) is 132 cm³/mol. The van der Waals surface area contributed by atoms with E-state index in [0.29, 0.717) is 6.54 Å². The number of nitrogens with zero attached hydrogens (tertiary/aromatic N) is 1. The van der Waals surface area contributed by atoms with Gasteiger partial charge in [-0.3, -0.25) is 9.52 Å². The second kappa shape index (κ2) is 9.85. The van der Waals surface area contributed by atoms with E-state index in [1.165, 1.54) is 36.7 Å². The van der Waals surface area contributed by atoms with Gasteiger partial charge in [-0.1, -0.05) is 41.4 Å². The highest BCUT2D eigenvalue weighted by atomic mass is 35.5. The average molecular weight is 484 g/mol. The summed E-state index contributed by atoms with van der Waals surface area (Å²) < 4.78 is 27.6. The molecule has 0 unspecified atom stereocenters. The molecular formula is C25H26ClN3O3S. The number of benzene rings is 3. The van der Waals surface area contributed by atoms with Crippen molar-refractivity contribution in [3.05, 3.63) is 88.4 Å². The van der Waals surface area contributed by atoms with Crippen LogP contribution in [0.2, 0.25) is 5.02 Å². The van der Waals surface area contributed by atoms with Crippen molar-refractivity contribution in [3.8, 4) is 0 Å². The average Bonchev–Trinajstić information content (AvgIpc) is 3.33. The van der Waals surface area contributed by atoms with Gasteiger partial charge in [-0.05, 0) is 67.8 Å². The quantitative estimate of drug-likeness (QED) is 0.496. The molecule has 0 aliphatic carbocycles. The Bertz CT molecular complexity index is 1240. The van der Waals surface area contributed by atoms with E-state index in [2.05, 4.69) is 27.1 Å². The molecule has 0 aromatic heterocycles. The predicted octanol–water partition coefficient (Wildman–Crippen LogP) is 4.98.